The highest BCUT2D eigenvalue weighted by atomic mass is 32.2. The van der Waals surface area contributed by atoms with Gasteiger partial charge in [0.2, 0.25) is 5.91 Å². The molecular formula is C18H17N3O3S. The molecule has 0 saturated carbocycles. The SMILES string of the molecule is CC(Sc1ccc([N+](=O)[O-])cc1)C(=O)N(C)Cc1ccc(C#N)cc1. The Bertz CT molecular complexity index is 798. The molecule has 25 heavy (non-hydrogen) atoms. The summed E-state index contributed by atoms with van der Waals surface area (Å²) in [5.74, 6) is -0.0345. The zero-order chi connectivity index (χ0) is 18.4. The lowest BCUT2D eigenvalue weighted by Gasteiger charge is -2.21. The quantitative estimate of drug-likeness (QED) is 0.449. The Kier molecular flexibility index (Phi) is 6.14. The van der Waals surface area contributed by atoms with Crippen molar-refractivity contribution < 1.29 is 9.72 Å². The van der Waals surface area contributed by atoms with Gasteiger partial charge in [0.05, 0.1) is 21.8 Å². The van der Waals surface area contributed by atoms with Crippen molar-refractivity contribution in [3.05, 3.63) is 69.8 Å². The number of carbonyl (C=O) groups excluding carboxylic acids is 1. The Balaban J connectivity index is 1.95. The number of thioether (sulfide) groups is 1. The third kappa shape index (κ3) is 5.06. The number of rotatable bonds is 6. The summed E-state index contributed by atoms with van der Waals surface area (Å²) in [5.41, 5.74) is 1.56. The van der Waals surface area contributed by atoms with E-state index in [-0.39, 0.29) is 16.8 Å². The van der Waals surface area contributed by atoms with E-state index >= 15 is 0 Å². The number of hydrogen-bond acceptors (Lipinski definition) is 5. The van der Waals surface area contributed by atoms with Gasteiger partial charge in [0, 0.05) is 30.6 Å². The molecule has 7 heteroatoms. The number of benzene rings is 2. The number of nitrogens with zero attached hydrogens (tertiary/aromatic N) is 3. The van der Waals surface area contributed by atoms with Crippen molar-refractivity contribution in [2.24, 2.45) is 0 Å². The van der Waals surface area contributed by atoms with E-state index < -0.39 is 4.92 Å². The van der Waals surface area contributed by atoms with Gasteiger partial charge in [-0.15, -0.1) is 11.8 Å². The van der Waals surface area contributed by atoms with Gasteiger partial charge in [0.25, 0.3) is 5.69 Å². The van der Waals surface area contributed by atoms with Crippen molar-refractivity contribution in [1.82, 2.24) is 4.90 Å². The predicted molar refractivity (Wildman–Crippen MR) is 96.0 cm³/mol. The van der Waals surface area contributed by atoms with E-state index in [1.54, 1.807) is 36.2 Å². The summed E-state index contributed by atoms with van der Waals surface area (Å²) < 4.78 is 0. The summed E-state index contributed by atoms with van der Waals surface area (Å²) in [4.78, 5) is 25.1. The maximum Gasteiger partial charge on any atom is 0.269 e. The molecule has 0 aromatic heterocycles. The molecule has 0 heterocycles. The highest BCUT2D eigenvalue weighted by Gasteiger charge is 2.19. The monoisotopic (exact) mass is 355 g/mol. The molecule has 2 aromatic carbocycles. The molecule has 0 aliphatic rings. The van der Waals surface area contributed by atoms with Crippen LogP contribution in [0.5, 0.6) is 0 Å². The van der Waals surface area contributed by atoms with Crippen molar-refractivity contribution >= 4 is 23.4 Å². The summed E-state index contributed by atoms with van der Waals surface area (Å²) >= 11 is 1.36. The van der Waals surface area contributed by atoms with Crippen LogP contribution in [0.1, 0.15) is 18.1 Å². The molecule has 0 fully saturated rings. The highest BCUT2D eigenvalue weighted by Crippen LogP contribution is 2.26. The minimum absolute atomic E-state index is 0.0289. The van der Waals surface area contributed by atoms with E-state index in [9.17, 15) is 14.9 Å². The van der Waals surface area contributed by atoms with Crippen molar-refractivity contribution in [2.45, 2.75) is 23.6 Å². The Morgan fingerprint density at radius 2 is 1.84 bits per heavy atom. The minimum atomic E-state index is -0.450. The maximum absolute atomic E-state index is 12.5. The molecule has 0 bridgehead atoms. The van der Waals surface area contributed by atoms with E-state index in [4.69, 9.17) is 5.26 Å². The Hall–Kier alpha value is -2.85. The average Bonchev–Trinajstić information content (AvgIpc) is 2.62. The van der Waals surface area contributed by atoms with Gasteiger partial charge in [0.1, 0.15) is 0 Å². The largest absolute Gasteiger partial charge is 0.340 e. The maximum atomic E-state index is 12.5. The zero-order valence-electron chi connectivity index (χ0n) is 13.9. The van der Waals surface area contributed by atoms with Crippen molar-refractivity contribution in [3.63, 3.8) is 0 Å². The number of hydrogen-bond donors (Lipinski definition) is 0. The molecule has 1 atom stereocenters. The first-order valence-electron chi connectivity index (χ1n) is 7.56. The second kappa shape index (κ2) is 8.31. The first-order chi connectivity index (χ1) is 11.9. The summed E-state index contributed by atoms with van der Waals surface area (Å²) in [6, 6.07) is 15.3. The summed E-state index contributed by atoms with van der Waals surface area (Å²) in [6.07, 6.45) is 0. The van der Waals surface area contributed by atoms with Crippen molar-refractivity contribution in [1.29, 1.82) is 5.26 Å². The van der Waals surface area contributed by atoms with Crippen LogP contribution in [-0.4, -0.2) is 28.0 Å². The van der Waals surface area contributed by atoms with Gasteiger partial charge in [-0.1, -0.05) is 12.1 Å². The fraction of sp³-hybridized carbons (Fsp3) is 0.222. The van der Waals surface area contributed by atoms with Gasteiger partial charge >= 0.3 is 0 Å². The van der Waals surface area contributed by atoms with Crippen molar-refractivity contribution in [3.8, 4) is 6.07 Å². The molecular weight excluding hydrogens is 338 g/mol. The number of nitro groups is 1. The molecule has 0 aliphatic heterocycles. The number of carbonyl (C=O) groups is 1. The van der Waals surface area contributed by atoms with Crippen LogP contribution in [0.2, 0.25) is 0 Å². The number of nitro benzene ring substituents is 1. The fourth-order valence-electron chi connectivity index (χ4n) is 2.25. The van der Waals surface area contributed by atoms with E-state index in [0.717, 1.165) is 10.5 Å². The third-order valence-corrected chi connectivity index (χ3v) is 4.69. The first-order valence-corrected chi connectivity index (χ1v) is 8.44. The molecule has 2 aromatic rings. The van der Waals surface area contributed by atoms with Gasteiger partial charge in [-0.2, -0.15) is 5.26 Å². The number of amides is 1. The van der Waals surface area contributed by atoms with Crippen LogP contribution in [-0.2, 0) is 11.3 Å². The second-order valence-corrected chi connectivity index (χ2v) is 6.93. The molecule has 1 unspecified atom stereocenters. The van der Waals surface area contributed by atoms with Crippen LogP contribution < -0.4 is 0 Å². The molecule has 0 spiro atoms. The van der Waals surface area contributed by atoms with E-state index in [1.807, 2.05) is 19.1 Å². The second-order valence-electron chi connectivity index (χ2n) is 5.51. The number of non-ortho nitro benzene ring substituents is 1. The average molecular weight is 355 g/mol. The molecule has 0 saturated heterocycles. The van der Waals surface area contributed by atoms with E-state index in [1.165, 1.54) is 23.9 Å². The smallest absolute Gasteiger partial charge is 0.269 e. The summed E-state index contributed by atoms with van der Waals surface area (Å²) in [7, 11) is 1.73. The van der Waals surface area contributed by atoms with Crippen LogP contribution in [0.25, 0.3) is 0 Å². The van der Waals surface area contributed by atoms with Crippen LogP contribution in [0.15, 0.2) is 53.4 Å². The third-order valence-electron chi connectivity index (χ3n) is 3.59. The Morgan fingerprint density at radius 1 is 1.24 bits per heavy atom. The normalized spacial score (nSPS) is 11.4. The van der Waals surface area contributed by atoms with Gasteiger partial charge < -0.3 is 4.90 Å². The van der Waals surface area contributed by atoms with Crippen LogP contribution >= 0.6 is 11.8 Å². The molecule has 0 N–H and O–H groups in total. The lowest BCUT2D eigenvalue weighted by atomic mass is 10.1. The summed E-state index contributed by atoms with van der Waals surface area (Å²) in [5, 5.41) is 19.2. The van der Waals surface area contributed by atoms with Crippen LogP contribution in [0, 0.1) is 21.4 Å². The summed E-state index contributed by atoms with van der Waals surface area (Å²) in [6.45, 7) is 2.26. The van der Waals surface area contributed by atoms with Gasteiger partial charge in [-0.25, -0.2) is 0 Å². The predicted octanol–water partition coefficient (Wildman–Crippen LogP) is 3.61. The molecule has 1 amide bonds. The number of nitriles is 1. The molecule has 6 nitrogen and oxygen atoms in total. The standard InChI is InChI=1S/C18H17N3O3S/c1-13(25-17-9-7-16(8-10-17)21(23)24)18(22)20(2)12-15-5-3-14(11-19)4-6-15/h3-10,13H,12H2,1-2H3. The molecule has 0 radical (unpaired) electrons. The lowest BCUT2D eigenvalue weighted by Crippen LogP contribution is -2.32. The van der Waals surface area contributed by atoms with Crippen molar-refractivity contribution in [2.75, 3.05) is 7.05 Å². The first kappa shape index (κ1) is 18.5. The molecule has 2 rings (SSSR count). The van der Waals surface area contributed by atoms with Gasteiger partial charge in [-0.05, 0) is 36.8 Å². The Labute approximate surface area is 150 Å². The lowest BCUT2D eigenvalue weighted by molar-refractivity contribution is -0.384. The topological polar surface area (TPSA) is 87.2 Å². The van der Waals surface area contributed by atoms with Gasteiger partial charge in [0.15, 0.2) is 0 Å². The van der Waals surface area contributed by atoms with Gasteiger partial charge in [-0.3, -0.25) is 14.9 Å². The Morgan fingerprint density at radius 3 is 2.36 bits per heavy atom. The van der Waals surface area contributed by atoms with Crippen LogP contribution in [0.4, 0.5) is 5.69 Å². The molecule has 128 valence electrons. The van der Waals surface area contributed by atoms with E-state index in [0.29, 0.717) is 12.1 Å². The highest BCUT2D eigenvalue weighted by molar-refractivity contribution is 8.00. The van der Waals surface area contributed by atoms with E-state index in [2.05, 4.69) is 6.07 Å². The minimum Gasteiger partial charge on any atom is -0.340 e. The van der Waals surface area contributed by atoms with Crippen LogP contribution in [0.3, 0.4) is 0 Å². The molecule has 0 aliphatic carbocycles. The fourth-order valence-corrected chi connectivity index (χ4v) is 3.23. The zero-order valence-corrected chi connectivity index (χ0v) is 14.7.